The monoisotopic (exact) mass is 447 g/mol. The van der Waals surface area contributed by atoms with Crippen molar-refractivity contribution in [2.45, 2.75) is 45.3 Å². The number of hydrogen-bond donors (Lipinski definition) is 1. The molecule has 1 heterocycles. The molecule has 0 fully saturated rings. The molecule has 0 aliphatic carbocycles. The molecule has 7 heteroatoms. The van der Waals surface area contributed by atoms with Gasteiger partial charge < -0.3 is 9.64 Å². The average molecular weight is 448 g/mol. The number of hydrogen-bond acceptors (Lipinski definition) is 5. The van der Waals surface area contributed by atoms with E-state index in [1.165, 1.54) is 6.92 Å². The Morgan fingerprint density at radius 3 is 2.61 bits per heavy atom. The quantitative estimate of drug-likeness (QED) is 0.326. The Bertz CT molecular complexity index is 1020. The van der Waals surface area contributed by atoms with Crippen LogP contribution in [-0.2, 0) is 25.7 Å². The number of allylic oxidation sites excluding steroid dienone is 2. The SMILES string of the molecule is CC(=O)N/N=C/c1cccc(CN2C[C@H](c3ccccc3)OC(=O)CC/C=C/CCC2=O)c1. The van der Waals surface area contributed by atoms with Crippen molar-refractivity contribution >= 4 is 24.0 Å². The lowest BCUT2D eigenvalue weighted by Gasteiger charge is -2.28. The van der Waals surface area contributed by atoms with Crippen LogP contribution in [0.4, 0.5) is 0 Å². The Balaban J connectivity index is 1.84. The predicted molar refractivity (Wildman–Crippen MR) is 126 cm³/mol. The summed E-state index contributed by atoms with van der Waals surface area (Å²) in [5.74, 6) is -0.532. The third-order valence-electron chi connectivity index (χ3n) is 5.15. The summed E-state index contributed by atoms with van der Waals surface area (Å²) in [4.78, 5) is 38.3. The smallest absolute Gasteiger partial charge is 0.306 e. The van der Waals surface area contributed by atoms with Gasteiger partial charge in [0.1, 0.15) is 6.10 Å². The van der Waals surface area contributed by atoms with Crippen LogP contribution in [-0.4, -0.2) is 35.4 Å². The summed E-state index contributed by atoms with van der Waals surface area (Å²) < 4.78 is 5.80. The molecule has 2 amide bonds. The summed E-state index contributed by atoms with van der Waals surface area (Å²) in [5, 5.41) is 3.90. The first-order valence-corrected chi connectivity index (χ1v) is 11.1. The number of ether oxygens (including phenoxy) is 1. The second kappa shape index (κ2) is 12.3. The number of carbonyl (C=O) groups excluding carboxylic acids is 3. The van der Waals surface area contributed by atoms with Crippen LogP contribution in [0, 0.1) is 0 Å². The van der Waals surface area contributed by atoms with E-state index in [2.05, 4.69) is 10.5 Å². The van der Waals surface area contributed by atoms with Gasteiger partial charge in [-0.25, -0.2) is 5.43 Å². The number of benzene rings is 2. The fraction of sp³-hybridized carbons (Fsp3) is 0.308. The lowest BCUT2D eigenvalue weighted by Crippen LogP contribution is -2.35. The van der Waals surface area contributed by atoms with E-state index in [9.17, 15) is 14.4 Å². The Morgan fingerprint density at radius 2 is 1.85 bits per heavy atom. The number of rotatable bonds is 5. The second-order valence-electron chi connectivity index (χ2n) is 7.88. The molecule has 0 saturated heterocycles. The van der Waals surface area contributed by atoms with Gasteiger partial charge in [-0.1, -0.05) is 60.7 Å². The van der Waals surface area contributed by atoms with Crippen molar-refractivity contribution in [3.8, 4) is 0 Å². The number of amides is 2. The highest BCUT2D eigenvalue weighted by atomic mass is 16.5. The van der Waals surface area contributed by atoms with E-state index >= 15 is 0 Å². The molecule has 1 aliphatic heterocycles. The molecule has 172 valence electrons. The molecule has 3 rings (SSSR count). The molecule has 33 heavy (non-hydrogen) atoms. The lowest BCUT2D eigenvalue weighted by atomic mass is 10.1. The first kappa shape index (κ1) is 23.9. The maximum absolute atomic E-state index is 13.1. The standard InChI is InChI=1S/C26H29N3O4/c1-20(30)28-27-17-21-10-9-11-22(16-21)18-29-19-24(23-12-5-4-6-13-23)33-26(32)15-8-3-2-7-14-25(29)31/h2-6,9-13,16-17,24H,7-8,14-15,18-19H2,1H3,(H,28,30)/b3-2+,27-17+/t24-/m1/s1. The molecular weight excluding hydrogens is 418 g/mol. The van der Waals surface area contributed by atoms with E-state index in [0.717, 1.165) is 16.7 Å². The van der Waals surface area contributed by atoms with Gasteiger partial charge in [-0.05, 0) is 35.6 Å². The molecule has 0 unspecified atom stereocenters. The maximum Gasteiger partial charge on any atom is 0.306 e. The molecule has 0 aromatic heterocycles. The summed E-state index contributed by atoms with van der Waals surface area (Å²) in [6.45, 7) is 2.02. The summed E-state index contributed by atoms with van der Waals surface area (Å²) >= 11 is 0. The lowest BCUT2D eigenvalue weighted by molar-refractivity contribution is -0.152. The van der Waals surface area contributed by atoms with Gasteiger partial charge in [-0.2, -0.15) is 5.10 Å². The van der Waals surface area contributed by atoms with Crippen molar-refractivity contribution in [3.05, 3.63) is 83.4 Å². The summed E-state index contributed by atoms with van der Waals surface area (Å²) in [6.07, 6.45) is 6.81. The Morgan fingerprint density at radius 1 is 1.09 bits per heavy atom. The van der Waals surface area contributed by atoms with E-state index in [0.29, 0.717) is 32.2 Å². The molecule has 0 spiro atoms. The minimum atomic E-state index is -0.546. The summed E-state index contributed by atoms with van der Waals surface area (Å²) in [5.41, 5.74) is 4.95. The van der Waals surface area contributed by atoms with Gasteiger partial charge in [0.25, 0.3) is 0 Å². The third kappa shape index (κ3) is 8.03. The number of cyclic esters (lactones) is 1. The van der Waals surface area contributed by atoms with E-state index in [1.54, 1.807) is 11.1 Å². The largest absolute Gasteiger partial charge is 0.456 e. The number of nitrogens with zero attached hydrogens (tertiary/aromatic N) is 2. The summed E-state index contributed by atoms with van der Waals surface area (Å²) in [6, 6.07) is 17.1. The Hall–Kier alpha value is -3.74. The van der Waals surface area contributed by atoms with E-state index in [4.69, 9.17) is 4.74 Å². The first-order chi connectivity index (χ1) is 16.0. The maximum atomic E-state index is 13.1. The zero-order chi connectivity index (χ0) is 23.5. The molecule has 0 radical (unpaired) electrons. The van der Waals surface area contributed by atoms with Crippen LogP contribution >= 0.6 is 0 Å². The van der Waals surface area contributed by atoms with Crippen LogP contribution in [0.3, 0.4) is 0 Å². The first-order valence-electron chi connectivity index (χ1n) is 11.1. The van der Waals surface area contributed by atoms with Gasteiger partial charge in [0.15, 0.2) is 0 Å². The topological polar surface area (TPSA) is 88.1 Å². The van der Waals surface area contributed by atoms with Crippen molar-refractivity contribution in [1.82, 2.24) is 10.3 Å². The van der Waals surface area contributed by atoms with Crippen LogP contribution < -0.4 is 5.43 Å². The zero-order valence-electron chi connectivity index (χ0n) is 18.8. The number of nitrogens with one attached hydrogen (secondary N) is 1. The normalized spacial score (nSPS) is 18.8. The predicted octanol–water partition coefficient (Wildman–Crippen LogP) is 3.90. The van der Waals surface area contributed by atoms with Crippen molar-refractivity contribution in [2.75, 3.05) is 6.54 Å². The molecule has 7 nitrogen and oxygen atoms in total. The van der Waals surface area contributed by atoms with Crippen LogP contribution in [0.2, 0.25) is 0 Å². The van der Waals surface area contributed by atoms with E-state index < -0.39 is 6.10 Å². The Kier molecular flexibility index (Phi) is 8.94. The Labute approximate surface area is 194 Å². The van der Waals surface area contributed by atoms with Crippen molar-refractivity contribution < 1.29 is 19.1 Å². The minimum Gasteiger partial charge on any atom is -0.456 e. The highest BCUT2D eigenvalue weighted by molar-refractivity contribution is 5.82. The molecule has 2 aromatic rings. The van der Waals surface area contributed by atoms with Crippen LogP contribution in [0.15, 0.2) is 71.9 Å². The van der Waals surface area contributed by atoms with Gasteiger partial charge in [0, 0.05) is 26.3 Å². The van der Waals surface area contributed by atoms with E-state index in [-0.39, 0.29) is 24.3 Å². The zero-order valence-corrected chi connectivity index (χ0v) is 18.8. The van der Waals surface area contributed by atoms with Crippen molar-refractivity contribution in [2.24, 2.45) is 5.10 Å². The van der Waals surface area contributed by atoms with Gasteiger partial charge >= 0.3 is 5.97 Å². The highest BCUT2D eigenvalue weighted by Crippen LogP contribution is 2.22. The molecule has 0 bridgehead atoms. The molecule has 1 aliphatic rings. The fourth-order valence-corrected chi connectivity index (χ4v) is 3.54. The third-order valence-corrected chi connectivity index (χ3v) is 5.15. The molecule has 1 N–H and O–H groups in total. The molecular formula is C26H29N3O4. The van der Waals surface area contributed by atoms with Gasteiger partial charge in [-0.15, -0.1) is 0 Å². The van der Waals surface area contributed by atoms with Gasteiger partial charge in [0.2, 0.25) is 11.8 Å². The number of carbonyl (C=O) groups is 3. The molecule has 2 aromatic carbocycles. The van der Waals surface area contributed by atoms with Crippen molar-refractivity contribution in [3.63, 3.8) is 0 Å². The van der Waals surface area contributed by atoms with E-state index in [1.807, 2.05) is 66.7 Å². The number of hydrazone groups is 1. The van der Waals surface area contributed by atoms with Crippen molar-refractivity contribution in [1.29, 1.82) is 0 Å². The highest BCUT2D eigenvalue weighted by Gasteiger charge is 2.24. The van der Waals surface area contributed by atoms with Crippen LogP contribution in [0.1, 0.15) is 55.4 Å². The molecule has 1 atom stereocenters. The van der Waals surface area contributed by atoms with Gasteiger partial charge in [-0.3, -0.25) is 14.4 Å². The summed E-state index contributed by atoms with van der Waals surface area (Å²) in [7, 11) is 0. The second-order valence-corrected chi connectivity index (χ2v) is 7.88. The average Bonchev–Trinajstić information content (AvgIpc) is 2.80. The van der Waals surface area contributed by atoms with Gasteiger partial charge in [0.05, 0.1) is 12.8 Å². The van der Waals surface area contributed by atoms with Crippen LogP contribution in [0.25, 0.3) is 0 Å². The minimum absolute atomic E-state index is 0.00507. The fourth-order valence-electron chi connectivity index (χ4n) is 3.54. The molecule has 0 saturated carbocycles. The van der Waals surface area contributed by atoms with Crippen LogP contribution in [0.5, 0.6) is 0 Å². The number of esters is 1.